The molecule has 1 fully saturated rings. The van der Waals surface area contributed by atoms with Crippen molar-refractivity contribution in [2.24, 2.45) is 0 Å². The van der Waals surface area contributed by atoms with Gasteiger partial charge in [0.05, 0.1) is 18.7 Å². The number of halogens is 1. The number of hydrogen-bond acceptors (Lipinski definition) is 4. The van der Waals surface area contributed by atoms with E-state index in [0.29, 0.717) is 22.0 Å². The quantitative estimate of drug-likeness (QED) is 0.766. The Morgan fingerprint density at radius 3 is 2.36 bits per heavy atom. The highest BCUT2D eigenvalue weighted by Gasteiger charge is 2.18. The van der Waals surface area contributed by atoms with Crippen LogP contribution in [0, 0.1) is 0 Å². The number of likely N-dealkylation sites (tertiary alicyclic amines) is 1. The van der Waals surface area contributed by atoms with Gasteiger partial charge in [-0.1, -0.05) is 11.6 Å². The molecule has 0 aliphatic carbocycles. The number of piperidine rings is 1. The molecule has 0 unspecified atom stereocenters. The Morgan fingerprint density at radius 1 is 1.04 bits per heavy atom. The van der Waals surface area contributed by atoms with Crippen molar-refractivity contribution in [3.05, 3.63) is 53.1 Å². The number of carbonyl (C=O) groups excluding carboxylic acids is 2. The van der Waals surface area contributed by atoms with Crippen molar-refractivity contribution in [2.45, 2.75) is 19.3 Å². The number of rotatable bonds is 6. The Morgan fingerprint density at radius 2 is 1.71 bits per heavy atom. The van der Waals surface area contributed by atoms with Crippen molar-refractivity contribution in [1.82, 2.24) is 4.90 Å². The Hall–Kier alpha value is -2.73. The molecule has 0 saturated carbocycles. The van der Waals surface area contributed by atoms with E-state index in [2.05, 4.69) is 10.6 Å². The van der Waals surface area contributed by atoms with Crippen LogP contribution in [0.5, 0.6) is 5.75 Å². The molecule has 0 bridgehead atoms. The summed E-state index contributed by atoms with van der Waals surface area (Å²) in [5.41, 5.74) is 2.02. The van der Waals surface area contributed by atoms with Gasteiger partial charge in [0.1, 0.15) is 5.75 Å². The zero-order valence-corrected chi connectivity index (χ0v) is 16.6. The van der Waals surface area contributed by atoms with Gasteiger partial charge in [-0.15, -0.1) is 0 Å². The largest absolute Gasteiger partial charge is 0.495 e. The first-order chi connectivity index (χ1) is 13.6. The fourth-order valence-electron chi connectivity index (χ4n) is 3.14. The summed E-state index contributed by atoms with van der Waals surface area (Å²) >= 11 is 6.07. The molecule has 1 aliphatic rings. The molecule has 0 atom stereocenters. The highest BCUT2D eigenvalue weighted by molar-refractivity contribution is 6.32. The van der Waals surface area contributed by atoms with Crippen molar-refractivity contribution in [3.8, 4) is 5.75 Å². The summed E-state index contributed by atoms with van der Waals surface area (Å²) in [7, 11) is 1.55. The number of methoxy groups -OCH3 is 1. The van der Waals surface area contributed by atoms with Crippen molar-refractivity contribution < 1.29 is 14.3 Å². The van der Waals surface area contributed by atoms with Crippen LogP contribution in [0.25, 0.3) is 0 Å². The lowest BCUT2D eigenvalue weighted by Gasteiger charge is -2.26. The number of carbonyl (C=O) groups is 2. The highest BCUT2D eigenvalue weighted by atomic mass is 35.5. The summed E-state index contributed by atoms with van der Waals surface area (Å²) in [4.78, 5) is 26.5. The van der Waals surface area contributed by atoms with Gasteiger partial charge in [0.2, 0.25) is 5.91 Å². The van der Waals surface area contributed by atoms with Crippen LogP contribution >= 0.6 is 11.6 Å². The predicted molar refractivity (Wildman–Crippen MR) is 111 cm³/mol. The number of nitrogens with zero attached hydrogens (tertiary/aromatic N) is 1. The number of benzene rings is 2. The van der Waals surface area contributed by atoms with Crippen LogP contribution in [-0.2, 0) is 4.79 Å². The lowest BCUT2D eigenvalue weighted by atomic mass is 10.1. The first-order valence-electron chi connectivity index (χ1n) is 9.33. The molecule has 28 heavy (non-hydrogen) atoms. The first kappa shape index (κ1) is 20.0. The summed E-state index contributed by atoms with van der Waals surface area (Å²) in [6, 6.07) is 12.2. The van der Waals surface area contributed by atoms with Crippen LogP contribution in [-0.4, -0.2) is 43.5 Å². The van der Waals surface area contributed by atoms with Gasteiger partial charge in [0.25, 0.3) is 5.91 Å². The van der Waals surface area contributed by atoms with E-state index in [9.17, 15) is 9.59 Å². The van der Waals surface area contributed by atoms with Crippen molar-refractivity contribution in [1.29, 1.82) is 0 Å². The molecule has 2 aromatic rings. The molecule has 3 rings (SSSR count). The molecule has 7 heteroatoms. The van der Waals surface area contributed by atoms with E-state index >= 15 is 0 Å². The normalized spacial score (nSPS) is 13.7. The van der Waals surface area contributed by atoms with Crippen LogP contribution in [0.4, 0.5) is 11.4 Å². The third-order valence-corrected chi connectivity index (χ3v) is 4.96. The fourth-order valence-corrected chi connectivity index (χ4v) is 3.40. The third-order valence-electron chi connectivity index (χ3n) is 4.66. The molecule has 1 aliphatic heterocycles. The predicted octanol–water partition coefficient (Wildman–Crippen LogP) is 4.03. The topological polar surface area (TPSA) is 70.7 Å². The summed E-state index contributed by atoms with van der Waals surface area (Å²) in [6.07, 6.45) is 3.31. The molecule has 1 heterocycles. The van der Waals surface area contributed by atoms with Gasteiger partial charge in [-0.2, -0.15) is 0 Å². The van der Waals surface area contributed by atoms with Gasteiger partial charge >= 0.3 is 0 Å². The van der Waals surface area contributed by atoms with Crippen LogP contribution in [0.15, 0.2) is 42.5 Å². The number of amides is 2. The van der Waals surface area contributed by atoms with Crippen molar-refractivity contribution in [3.63, 3.8) is 0 Å². The second kappa shape index (κ2) is 9.46. The van der Waals surface area contributed by atoms with Crippen molar-refractivity contribution in [2.75, 3.05) is 37.4 Å². The molecule has 2 aromatic carbocycles. The van der Waals surface area contributed by atoms with E-state index in [4.69, 9.17) is 16.3 Å². The average Bonchev–Trinajstić information content (AvgIpc) is 2.73. The molecular weight excluding hydrogens is 378 g/mol. The lowest BCUT2D eigenvalue weighted by molar-refractivity contribution is -0.114. The number of nitrogens with one attached hydrogen (secondary N) is 2. The van der Waals surface area contributed by atoms with E-state index in [1.807, 2.05) is 4.90 Å². The summed E-state index contributed by atoms with van der Waals surface area (Å²) < 4.78 is 5.10. The summed E-state index contributed by atoms with van der Waals surface area (Å²) in [5, 5.41) is 6.30. The second-order valence-electron chi connectivity index (χ2n) is 6.68. The van der Waals surface area contributed by atoms with Crippen molar-refractivity contribution >= 4 is 34.8 Å². The average molecular weight is 402 g/mol. The van der Waals surface area contributed by atoms with E-state index in [1.165, 1.54) is 6.42 Å². The zero-order valence-electron chi connectivity index (χ0n) is 15.8. The van der Waals surface area contributed by atoms with Gasteiger partial charge < -0.3 is 20.3 Å². The minimum absolute atomic E-state index is 0.0515. The molecule has 2 amide bonds. The smallest absolute Gasteiger partial charge is 0.253 e. The SMILES string of the molecule is COc1ccc(NCC(=O)Nc2ccc(C(=O)N3CCCCC3)cc2)cc1Cl. The number of ether oxygens (including phenoxy) is 1. The summed E-state index contributed by atoms with van der Waals surface area (Å²) in [5.74, 6) is 0.438. The van der Waals surface area contributed by atoms with Gasteiger partial charge in [0, 0.05) is 30.0 Å². The van der Waals surface area contributed by atoms with Gasteiger partial charge in [0.15, 0.2) is 0 Å². The van der Waals surface area contributed by atoms with Gasteiger partial charge in [-0.05, 0) is 61.7 Å². The van der Waals surface area contributed by atoms with E-state index in [0.717, 1.165) is 31.6 Å². The minimum Gasteiger partial charge on any atom is -0.495 e. The monoisotopic (exact) mass is 401 g/mol. The van der Waals surface area contributed by atoms with Crippen LogP contribution < -0.4 is 15.4 Å². The Kier molecular flexibility index (Phi) is 6.76. The van der Waals surface area contributed by atoms with Gasteiger partial charge in [-0.3, -0.25) is 9.59 Å². The standard InChI is InChI=1S/C21H24ClN3O3/c1-28-19-10-9-17(13-18(19)22)23-14-20(26)24-16-7-5-15(6-8-16)21(27)25-11-3-2-4-12-25/h5-10,13,23H,2-4,11-12,14H2,1H3,(H,24,26). The molecule has 0 radical (unpaired) electrons. The number of anilines is 2. The van der Waals surface area contributed by atoms with Crippen LogP contribution in [0.1, 0.15) is 29.6 Å². The molecule has 0 aromatic heterocycles. The van der Waals surface area contributed by atoms with E-state index in [-0.39, 0.29) is 18.4 Å². The first-order valence-corrected chi connectivity index (χ1v) is 9.71. The summed E-state index contributed by atoms with van der Waals surface area (Å²) in [6.45, 7) is 1.73. The maximum absolute atomic E-state index is 12.5. The van der Waals surface area contributed by atoms with E-state index < -0.39 is 0 Å². The minimum atomic E-state index is -0.193. The molecule has 148 valence electrons. The maximum Gasteiger partial charge on any atom is 0.253 e. The molecule has 0 spiro atoms. The Labute approximate surface area is 169 Å². The Balaban J connectivity index is 1.51. The molecular formula is C21H24ClN3O3. The van der Waals surface area contributed by atoms with Gasteiger partial charge in [-0.25, -0.2) is 0 Å². The van der Waals surface area contributed by atoms with Crippen LogP contribution in [0.2, 0.25) is 5.02 Å². The molecule has 1 saturated heterocycles. The molecule has 6 nitrogen and oxygen atoms in total. The number of hydrogen-bond donors (Lipinski definition) is 2. The zero-order chi connectivity index (χ0) is 19.9. The van der Waals surface area contributed by atoms with E-state index in [1.54, 1.807) is 49.6 Å². The maximum atomic E-state index is 12.5. The highest BCUT2D eigenvalue weighted by Crippen LogP contribution is 2.27. The third kappa shape index (κ3) is 5.16. The Bertz CT molecular complexity index is 833. The lowest BCUT2D eigenvalue weighted by Crippen LogP contribution is -2.35. The fraction of sp³-hybridized carbons (Fsp3) is 0.333. The molecule has 2 N–H and O–H groups in total. The van der Waals surface area contributed by atoms with Crippen LogP contribution in [0.3, 0.4) is 0 Å². The second-order valence-corrected chi connectivity index (χ2v) is 7.09.